The van der Waals surface area contributed by atoms with Gasteiger partial charge in [-0.1, -0.05) is 0 Å². The summed E-state index contributed by atoms with van der Waals surface area (Å²) >= 11 is 0. The molecule has 4 N–H and O–H groups in total. The molecule has 0 saturated heterocycles. The van der Waals surface area contributed by atoms with Crippen LogP contribution in [0.2, 0.25) is 0 Å². The minimum Gasteiger partial charge on any atom is -0.369 e. The molecule has 8 nitrogen and oxygen atoms in total. The van der Waals surface area contributed by atoms with Crippen LogP contribution in [0.25, 0.3) is 0 Å². The van der Waals surface area contributed by atoms with E-state index in [0.29, 0.717) is 18.2 Å². The fourth-order valence-corrected chi connectivity index (χ4v) is 1.53. The van der Waals surface area contributed by atoms with Crippen molar-refractivity contribution in [2.45, 2.75) is 13.3 Å². The van der Waals surface area contributed by atoms with Crippen molar-refractivity contribution >= 4 is 11.6 Å². The Bertz CT molecular complexity index is 520. The van der Waals surface area contributed by atoms with E-state index >= 15 is 0 Å². The van der Waals surface area contributed by atoms with Gasteiger partial charge in [-0.3, -0.25) is 4.68 Å². The summed E-state index contributed by atoms with van der Waals surface area (Å²) < 4.78 is 1.68. The fraction of sp³-hybridized carbons (Fsp3) is 0.400. The lowest BCUT2D eigenvalue weighted by atomic mass is 10.4. The number of hydrazine groups is 1. The lowest BCUT2D eigenvalue weighted by molar-refractivity contribution is 0.741. The van der Waals surface area contributed by atoms with Crippen LogP contribution in [0.3, 0.4) is 0 Å². The van der Waals surface area contributed by atoms with Crippen LogP contribution in [0.5, 0.6) is 0 Å². The van der Waals surface area contributed by atoms with E-state index in [0.717, 1.165) is 18.1 Å². The lowest BCUT2D eigenvalue weighted by Crippen LogP contribution is -2.12. The van der Waals surface area contributed by atoms with Gasteiger partial charge in [0.15, 0.2) is 5.82 Å². The van der Waals surface area contributed by atoms with Crippen LogP contribution in [0.1, 0.15) is 11.6 Å². The molecule has 0 saturated carbocycles. The standard InChI is InChI=1S/C10H16N8/c1-7-14-9(5-10(15-7)16-11)12-4-3-8-13-6-18(2)17-8/h5-6H,3-4,11H2,1-2H3,(H2,12,14,15,16). The van der Waals surface area contributed by atoms with Crippen molar-refractivity contribution < 1.29 is 0 Å². The molecule has 0 bridgehead atoms. The van der Waals surface area contributed by atoms with E-state index < -0.39 is 0 Å². The zero-order valence-electron chi connectivity index (χ0n) is 10.4. The lowest BCUT2D eigenvalue weighted by Gasteiger charge is -2.07. The highest BCUT2D eigenvalue weighted by molar-refractivity contribution is 5.46. The van der Waals surface area contributed by atoms with Crippen molar-refractivity contribution in [1.29, 1.82) is 0 Å². The molecule has 2 aromatic heterocycles. The van der Waals surface area contributed by atoms with Crippen molar-refractivity contribution in [3.63, 3.8) is 0 Å². The highest BCUT2D eigenvalue weighted by atomic mass is 15.3. The molecule has 0 aromatic carbocycles. The van der Waals surface area contributed by atoms with Gasteiger partial charge in [0, 0.05) is 26.1 Å². The maximum atomic E-state index is 5.32. The molecule has 8 heteroatoms. The van der Waals surface area contributed by atoms with Gasteiger partial charge in [-0.05, 0) is 6.92 Å². The van der Waals surface area contributed by atoms with Crippen LogP contribution in [0.15, 0.2) is 12.4 Å². The number of aromatic nitrogens is 5. The second-order valence-electron chi connectivity index (χ2n) is 3.84. The van der Waals surface area contributed by atoms with E-state index in [2.05, 4.69) is 30.8 Å². The number of rotatable bonds is 5. The van der Waals surface area contributed by atoms with E-state index in [1.807, 2.05) is 14.0 Å². The Hall–Kier alpha value is -2.22. The molecule has 2 rings (SSSR count). The van der Waals surface area contributed by atoms with Crippen LogP contribution >= 0.6 is 0 Å². The highest BCUT2D eigenvalue weighted by Gasteiger charge is 2.02. The molecule has 96 valence electrons. The van der Waals surface area contributed by atoms with Gasteiger partial charge in [0.1, 0.15) is 23.8 Å². The molecule has 2 heterocycles. The first kappa shape index (κ1) is 12.2. The third kappa shape index (κ3) is 3.14. The van der Waals surface area contributed by atoms with Gasteiger partial charge < -0.3 is 10.7 Å². The van der Waals surface area contributed by atoms with Crippen molar-refractivity contribution in [2.75, 3.05) is 17.3 Å². The van der Waals surface area contributed by atoms with Crippen molar-refractivity contribution in [2.24, 2.45) is 12.9 Å². The summed E-state index contributed by atoms with van der Waals surface area (Å²) in [4.78, 5) is 12.5. The highest BCUT2D eigenvalue weighted by Crippen LogP contribution is 2.09. The molecule has 0 unspecified atom stereocenters. The summed E-state index contributed by atoms with van der Waals surface area (Å²) in [7, 11) is 1.84. The average molecular weight is 248 g/mol. The SMILES string of the molecule is Cc1nc(NN)cc(NCCc2ncn(C)n2)n1. The predicted molar refractivity (Wildman–Crippen MR) is 67.8 cm³/mol. The number of hydrogen-bond donors (Lipinski definition) is 3. The number of nitrogens with zero attached hydrogens (tertiary/aromatic N) is 5. The quantitative estimate of drug-likeness (QED) is 0.499. The van der Waals surface area contributed by atoms with Gasteiger partial charge in [-0.25, -0.2) is 20.8 Å². The molecule has 0 aliphatic rings. The molecule has 0 aliphatic heterocycles. The second-order valence-corrected chi connectivity index (χ2v) is 3.84. The number of hydrogen-bond acceptors (Lipinski definition) is 7. The summed E-state index contributed by atoms with van der Waals surface area (Å²) in [6.07, 6.45) is 2.41. The number of aryl methyl sites for hydroxylation is 2. The van der Waals surface area contributed by atoms with Crippen molar-refractivity contribution in [1.82, 2.24) is 24.7 Å². The largest absolute Gasteiger partial charge is 0.369 e. The minimum absolute atomic E-state index is 0.584. The summed E-state index contributed by atoms with van der Waals surface area (Å²) in [6.45, 7) is 2.51. The Kier molecular flexibility index (Phi) is 3.68. The van der Waals surface area contributed by atoms with Crippen LogP contribution in [0.4, 0.5) is 11.6 Å². The molecule has 0 spiro atoms. The van der Waals surface area contributed by atoms with Gasteiger partial charge in [0.2, 0.25) is 0 Å². The normalized spacial score (nSPS) is 10.4. The van der Waals surface area contributed by atoms with Crippen LogP contribution in [-0.4, -0.2) is 31.3 Å². The third-order valence-corrected chi connectivity index (χ3v) is 2.29. The van der Waals surface area contributed by atoms with E-state index in [1.54, 1.807) is 17.1 Å². The first-order valence-corrected chi connectivity index (χ1v) is 5.58. The van der Waals surface area contributed by atoms with Gasteiger partial charge in [-0.15, -0.1) is 0 Å². The summed E-state index contributed by atoms with van der Waals surface area (Å²) in [5.74, 6) is 8.09. The van der Waals surface area contributed by atoms with Gasteiger partial charge in [0.25, 0.3) is 0 Å². The first-order valence-electron chi connectivity index (χ1n) is 5.58. The molecule has 0 fully saturated rings. The Morgan fingerprint density at radius 3 is 2.78 bits per heavy atom. The Morgan fingerprint density at radius 1 is 1.33 bits per heavy atom. The van der Waals surface area contributed by atoms with E-state index in [1.165, 1.54) is 0 Å². The molecule has 0 radical (unpaired) electrons. The summed E-state index contributed by atoms with van der Waals surface area (Å²) in [5, 5.41) is 7.38. The van der Waals surface area contributed by atoms with Gasteiger partial charge >= 0.3 is 0 Å². The van der Waals surface area contributed by atoms with E-state index in [4.69, 9.17) is 5.84 Å². The maximum Gasteiger partial charge on any atom is 0.152 e. The Morgan fingerprint density at radius 2 is 2.11 bits per heavy atom. The second kappa shape index (κ2) is 5.41. The monoisotopic (exact) mass is 248 g/mol. The Balaban J connectivity index is 1.91. The van der Waals surface area contributed by atoms with Gasteiger partial charge in [-0.2, -0.15) is 5.10 Å². The number of anilines is 2. The minimum atomic E-state index is 0.584. The van der Waals surface area contributed by atoms with Crippen LogP contribution in [-0.2, 0) is 13.5 Å². The molecule has 0 atom stereocenters. The fourth-order valence-electron chi connectivity index (χ4n) is 1.53. The number of nitrogens with one attached hydrogen (secondary N) is 2. The van der Waals surface area contributed by atoms with Crippen molar-refractivity contribution in [3.8, 4) is 0 Å². The van der Waals surface area contributed by atoms with E-state index in [9.17, 15) is 0 Å². The number of nitrogen functional groups attached to an aromatic ring is 1. The van der Waals surface area contributed by atoms with Crippen molar-refractivity contribution in [3.05, 3.63) is 24.0 Å². The topological polar surface area (TPSA) is 107 Å². The molecule has 0 aliphatic carbocycles. The zero-order chi connectivity index (χ0) is 13.0. The summed E-state index contributed by atoms with van der Waals surface area (Å²) in [5.41, 5.74) is 2.50. The molecule has 0 amide bonds. The number of nitrogens with two attached hydrogens (primary N) is 1. The zero-order valence-corrected chi connectivity index (χ0v) is 10.4. The maximum absolute atomic E-state index is 5.32. The third-order valence-electron chi connectivity index (χ3n) is 2.29. The predicted octanol–water partition coefficient (Wildman–Crippen LogP) is -0.146. The molecule has 18 heavy (non-hydrogen) atoms. The van der Waals surface area contributed by atoms with Crippen LogP contribution in [0, 0.1) is 6.92 Å². The molecular weight excluding hydrogens is 232 g/mol. The van der Waals surface area contributed by atoms with Gasteiger partial charge in [0.05, 0.1) is 0 Å². The summed E-state index contributed by atoms with van der Waals surface area (Å²) in [6, 6.07) is 1.75. The molecular formula is C10H16N8. The average Bonchev–Trinajstić information content (AvgIpc) is 2.74. The van der Waals surface area contributed by atoms with E-state index in [-0.39, 0.29) is 0 Å². The molecule has 2 aromatic rings. The first-order chi connectivity index (χ1) is 8.67. The smallest absolute Gasteiger partial charge is 0.152 e. The Labute approximate surface area is 105 Å². The van der Waals surface area contributed by atoms with Crippen LogP contribution < -0.4 is 16.6 Å².